The maximum Gasteiger partial charge on any atom is 0.336 e. The molecule has 0 saturated carbocycles. The van der Waals surface area contributed by atoms with Crippen molar-refractivity contribution in [3.8, 4) is 5.75 Å². The quantitative estimate of drug-likeness (QED) is 0.605. The van der Waals surface area contributed by atoms with Gasteiger partial charge in [0.15, 0.2) is 6.61 Å². The molecule has 1 aromatic heterocycles. The second-order valence-corrected chi connectivity index (χ2v) is 5.43. The summed E-state index contributed by atoms with van der Waals surface area (Å²) in [6.45, 7) is 5.28. The number of carbonyl (C=O) groups is 2. The Bertz CT molecular complexity index is 839. The smallest absolute Gasteiger partial charge is 0.336 e. The third-order valence-electron chi connectivity index (χ3n) is 3.61. The fraction of sp³-hybridized carbons (Fsp3) is 0.389. The fourth-order valence-electron chi connectivity index (χ4n) is 2.38. The summed E-state index contributed by atoms with van der Waals surface area (Å²) in [4.78, 5) is 34.5. The van der Waals surface area contributed by atoms with E-state index in [2.05, 4.69) is 5.32 Å². The minimum absolute atomic E-state index is 0.206. The molecule has 0 aliphatic heterocycles. The molecule has 1 N–H and O–H groups in total. The largest absolute Gasteiger partial charge is 0.483 e. The Hall–Kier alpha value is -2.83. The number of esters is 1. The first-order valence-corrected chi connectivity index (χ1v) is 8.07. The van der Waals surface area contributed by atoms with Gasteiger partial charge in [-0.15, -0.1) is 0 Å². The second kappa shape index (κ2) is 8.32. The molecule has 1 aromatic carbocycles. The monoisotopic (exact) mass is 347 g/mol. The van der Waals surface area contributed by atoms with E-state index in [1.165, 1.54) is 6.07 Å². The normalized spacial score (nSPS) is 10.5. The number of hydrogen-bond donors (Lipinski definition) is 1. The topological polar surface area (TPSA) is 94.8 Å². The van der Waals surface area contributed by atoms with Crippen LogP contribution in [0.1, 0.15) is 25.0 Å². The Morgan fingerprint density at radius 3 is 2.64 bits per heavy atom. The number of hydrogen-bond acceptors (Lipinski definition) is 6. The average molecular weight is 347 g/mol. The van der Waals surface area contributed by atoms with Gasteiger partial charge in [-0.3, -0.25) is 9.59 Å². The molecule has 0 atom stereocenters. The molecule has 0 bridgehead atoms. The average Bonchev–Trinajstić information content (AvgIpc) is 2.57. The van der Waals surface area contributed by atoms with Crippen LogP contribution in [0.25, 0.3) is 11.0 Å². The van der Waals surface area contributed by atoms with Crippen LogP contribution in [-0.2, 0) is 20.7 Å². The number of ether oxygens (including phenoxy) is 2. The SMILES string of the molecule is CCOC(=O)CNC(=O)COc1cc2oc(=O)cc(C)c2cc1CC. The Balaban J connectivity index is 2.11. The minimum atomic E-state index is -0.506. The van der Waals surface area contributed by atoms with Crippen LogP contribution in [0.2, 0.25) is 0 Å². The van der Waals surface area contributed by atoms with Gasteiger partial charge in [0.2, 0.25) is 0 Å². The van der Waals surface area contributed by atoms with E-state index in [4.69, 9.17) is 13.9 Å². The summed E-state index contributed by atoms with van der Waals surface area (Å²) in [6, 6.07) is 4.94. The molecule has 0 aliphatic rings. The summed E-state index contributed by atoms with van der Waals surface area (Å²) in [5, 5.41) is 3.25. The third-order valence-corrected chi connectivity index (χ3v) is 3.61. The van der Waals surface area contributed by atoms with Gasteiger partial charge < -0.3 is 19.2 Å². The van der Waals surface area contributed by atoms with Gasteiger partial charge in [-0.1, -0.05) is 6.92 Å². The van der Waals surface area contributed by atoms with E-state index < -0.39 is 17.5 Å². The van der Waals surface area contributed by atoms with Crippen LogP contribution in [0.4, 0.5) is 0 Å². The van der Waals surface area contributed by atoms with E-state index in [-0.39, 0.29) is 19.8 Å². The molecule has 0 saturated heterocycles. The van der Waals surface area contributed by atoms with Gasteiger partial charge in [0, 0.05) is 17.5 Å². The molecule has 0 spiro atoms. The van der Waals surface area contributed by atoms with Crippen LogP contribution in [0.5, 0.6) is 5.75 Å². The summed E-state index contributed by atoms with van der Waals surface area (Å²) in [7, 11) is 0. The van der Waals surface area contributed by atoms with Crippen molar-refractivity contribution in [1.29, 1.82) is 0 Å². The predicted molar refractivity (Wildman–Crippen MR) is 91.7 cm³/mol. The van der Waals surface area contributed by atoms with Crippen molar-refractivity contribution in [2.45, 2.75) is 27.2 Å². The first kappa shape index (κ1) is 18.5. The molecule has 0 radical (unpaired) electrons. The molecule has 7 nitrogen and oxygen atoms in total. The Labute approximate surface area is 144 Å². The van der Waals surface area contributed by atoms with E-state index >= 15 is 0 Å². The summed E-state index contributed by atoms with van der Waals surface area (Å²) in [5.74, 6) is -0.482. The molecular weight excluding hydrogens is 326 g/mol. The molecule has 134 valence electrons. The van der Waals surface area contributed by atoms with Crippen LogP contribution in [0, 0.1) is 6.92 Å². The summed E-state index contributed by atoms with van der Waals surface area (Å²) >= 11 is 0. The number of fused-ring (bicyclic) bond motifs is 1. The van der Waals surface area contributed by atoms with Crippen LogP contribution in [0.3, 0.4) is 0 Å². The number of aryl methyl sites for hydroxylation is 2. The van der Waals surface area contributed by atoms with Crippen molar-refractivity contribution >= 4 is 22.8 Å². The molecule has 2 rings (SSSR count). The highest BCUT2D eigenvalue weighted by atomic mass is 16.5. The van der Waals surface area contributed by atoms with E-state index in [0.717, 1.165) is 16.5 Å². The maximum absolute atomic E-state index is 11.8. The number of benzene rings is 1. The highest BCUT2D eigenvalue weighted by molar-refractivity contribution is 5.84. The van der Waals surface area contributed by atoms with Gasteiger partial charge in [-0.05, 0) is 37.5 Å². The van der Waals surface area contributed by atoms with Crippen LogP contribution in [0.15, 0.2) is 27.4 Å². The number of carbonyl (C=O) groups excluding carboxylic acids is 2. The van der Waals surface area contributed by atoms with Crippen molar-refractivity contribution in [2.24, 2.45) is 0 Å². The Morgan fingerprint density at radius 1 is 1.20 bits per heavy atom. The van der Waals surface area contributed by atoms with Gasteiger partial charge in [-0.2, -0.15) is 0 Å². The van der Waals surface area contributed by atoms with Gasteiger partial charge in [-0.25, -0.2) is 4.79 Å². The Kier molecular flexibility index (Phi) is 6.16. The molecule has 25 heavy (non-hydrogen) atoms. The van der Waals surface area contributed by atoms with E-state index in [1.54, 1.807) is 13.0 Å². The highest BCUT2D eigenvalue weighted by Gasteiger charge is 2.12. The van der Waals surface area contributed by atoms with Crippen molar-refractivity contribution in [3.63, 3.8) is 0 Å². The lowest BCUT2D eigenvalue weighted by Gasteiger charge is -2.12. The Morgan fingerprint density at radius 2 is 1.96 bits per heavy atom. The van der Waals surface area contributed by atoms with Crippen molar-refractivity contribution in [3.05, 3.63) is 39.7 Å². The third kappa shape index (κ3) is 4.82. The maximum atomic E-state index is 11.8. The first-order valence-electron chi connectivity index (χ1n) is 8.07. The lowest BCUT2D eigenvalue weighted by Crippen LogP contribution is -2.34. The lowest BCUT2D eigenvalue weighted by atomic mass is 10.1. The number of nitrogens with one attached hydrogen (secondary N) is 1. The van der Waals surface area contributed by atoms with Crippen LogP contribution >= 0.6 is 0 Å². The van der Waals surface area contributed by atoms with Crippen molar-refractivity contribution < 1.29 is 23.5 Å². The fourth-order valence-corrected chi connectivity index (χ4v) is 2.38. The van der Waals surface area contributed by atoms with E-state index in [0.29, 0.717) is 17.8 Å². The molecule has 1 heterocycles. The zero-order chi connectivity index (χ0) is 18.4. The van der Waals surface area contributed by atoms with Gasteiger partial charge in [0.25, 0.3) is 5.91 Å². The predicted octanol–water partition coefficient (Wildman–Crippen LogP) is 1.72. The molecule has 0 unspecified atom stereocenters. The molecule has 1 amide bonds. The van der Waals surface area contributed by atoms with Crippen molar-refractivity contribution in [1.82, 2.24) is 5.32 Å². The van der Waals surface area contributed by atoms with Gasteiger partial charge >= 0.3 is 11.6 Å². The van der Waals surface area contributed by atoms with Crippen LogP contribution < -0.4 is 15.7 Å². The van der Waals surface area contributed by atoms with Crippen LogP contribution in [-0.4, -0.2) is 31.6 Å². The number of amides is 1. The minimum Gasteiger partial charge on any atom is -0.483 e. The summed E-state index contributed by atoms with van der Waals surface area (Å²) < 4.78 is 15.5. The second-order valence-electron chi connectivity index (χ2n) is 5.43. The zero-order valence-corrected chi connectivity index (χ0v) is 14.5. The molecule has 7 heteroatoms. The highest BCUT2D eigenvalue weighted by Crippen LogP contribution is 2.27. The lowest BCUT2D eigenvalue weighted by molar-refractivity contribution is -0.143. The number of rotatable bonds is 7. The zero-order valence-electron chi connectivity index (χ0n) is 14.5. The summed E-state index contributed by atoms with van der Waals surface area (Å²) in [5.41, 5.74) is 1.68. The van der Waals surface area contributed by atoms with E-state index in [9.17, 15) is 14.4 Å². The molecule has 0 aliphatic carbocycles. The molecule has 2 aromatic rings. The van der Waals surface area contributed by atoms with Gasteiger partial charge in [0.05, 0.1) is 6.61 Å². The summed E-state index contributed by atoms with van der Waals surface area (Å²) in [6.07, 6.45) is 0.689. The molecule has 0 fully saturated rings. The van der Waals surface area contributed by atoms with E-state index in [1.807, 2.05) is 19.9 Å². The standard InChI is InChI=1S/C18H21NO6/c1-4-12-7-13-11(3)6-17(21)25-15(13)8-14(12)24-10-16(20)19-9-18(22)23-5-2/h6-8H,4-5,9-10H2,1-3H3,(H,19,20). The van der Waals surface area contributed by atoms with Crippen molar-refractivity contribution in [2.75, 3.05) is 19.8 Å². The first-order chi connectivity index (χ1) is 11.9. The van der Waals surface area contributed by atoms with Gasteiger partial charge in [0.1, 0.15) is 17.9 Å². The molecular formula is C18H21NO6.